The van der Waals surface area contributed by atoms with Crippen molar-refractivity contribution in [2.75, 3.05) is 0 Å². The average Bonchev–Trinajstić information content (AvgIpc) is 3.12. The first-order valence-electron chi connectivity index (χ1n) is 6.87. The van der Waals surface area contributed by atoms with Gasteiger partial charge in [-0.2, -0.15) is 13.2 Å². The molecular formula is C16H14F3N3O. The second kappa shape index (κ2) is 5.27. The molecule has 1 atom stereocenters. The highest BCUT2D eigenvalue weighted by atomic mass is 19.4. The summed E-state index contributed by atoms with van der Waals surface area (Å²) >= 11 is 0. The Hall–Kier alpha value is -2.54. The van der Waals surface area contributed by atoms with Crippen LogP contribution in [0.15, 0.2) is 55.5 Å². The van der Waals surface area contributed by atoms with E-state index in [1.54, 1.807) is 18.2 Å². The molecule has 0 aliphatic carbocycles. The van der Waals surface area contributed by atoms with Crippen molar-refractivity contribution in [3.8, 4) is 0 Å². The average molecular weight is 321 g/mol. The highest BCUT2D eigenvalue weighted by Crippen LogP contribution is 2.45. The molecule has 3 rings (SSSR count). The van der Waals surface area contributed by atoms with Crippen molar-refractivity contribution in [2.24, 2.45) is 0 Å². The van der Waals surface area contributed by atoms with Crippen LogP contribution in [0.5, 0.6) is 0 Å². The van der Waals surface area contributed by atoms with E-state index in [-0.39, 0.29) is 12.1 Å². The molecule has 0 aliphatic heterocycles. The molecule has 2 aromatic heterocycles. The van der Waals surface area contributed by atoms with Crippen LogP contribution in [0.1, 0.15) is 11.4 Å². The summed E-state index contributed by atoms with van der Waals surface area (Å²) in [7, 11) is 0. The molecule has 1 aromatic carbocycles. The van der Waals surface area contributed by atoms with Gasteiger partial charge in [-0.15, -0.1) is 6.58 Å². The van der Waals surface area contributed by atoms with Crippen LogP contribution >= 0.6 is 0 Å². The molecule has 4 nitrogen and oxygen atoms in total. The van der Waals surface area contributed by atoms with Crippen LogP contribution in [0.2, 0.25) is 0 Å². The second-order valence-electron chi connectivity index (χ2n) is 5.15. The van der Waals surface area contributed by atoms with Gasteiger partial charge >= 0.3 is 6.18 Å². The first-order valence-corrected chi connectivity index (χ1v) is 6.87. The predicted molar refractivity (Wildman–Crippen MR) is 79.8 cm³/mol. The zero-order chi connectivity index (χ0) is 16.7. The minimum atomic E-state index is -4.94. The molecule has 0 saturated carbocycles. The number of halogens is 3. The van der Waals surface area contributed by atoms with E-state index < -0.39 is 17.6 Å². The highest BCUT2D eigenvalue weighted by Gasteiger charge is 2.60. The Labute approximate surface area is 129 Å². The molecule has 7 heteroatoms. The van der Waals surface area contributed by atoms with Crippen LogP contribution in [0.25, 0.3) is 10.9 Å². The Morgan fingerprint density at radius 3 is 2.74 bits per heavy atom. The van der Waals surface area contributed by atoms with E-state index in [0.717, 1.165) is 0 Å². The molecule has 3 aromatic rings. The lowest BCUT2D eigenvalue weighted by atomic mass is 9.91. The molecule has 0 amide bonds. The fourth-order valence-corrected chi connectivity index (χ4v) is 2.69. The van der Waals surface area contributed by atoms with Crippen molar-refractivity contribution in [3.05, 3.63) is 66.9 Å². The molecule has 0 fully saturated rings. The highest BCUT2D eigenvalue weighted by molar-refractivity contribution is 5.84. The smallest absolute Gasteiger partial charge is 0.370 e. The van der Waals surface area contributed by atoms with Crippen LogP contribution in [0, 0.1) is 0 Å². The van der Waals surface area contributed by atoms with Crippen molar-refractivity contribution in [3.63, 3.8) is 0 Å². The molecule has 1 unspecified atom stereocenters. The predicted octanol–water partition coefficient (Wildman–Crippen LogP) is 3.35. The number of fused-ring (bicyclic) bond motifs is 1. The van der Waals surface area contributed by atoms with E-state index in [9.17, 15) is 18.3 Å². The summed E-state index contributed by atoms with van der Waals surface area (Å²) in [6.07, 6.45) is 0.275. The summed E-state index contributed by atoms with van der Waals surface area (Å²) in [5.74, 6) is -0.491. The Balaban J connectivity index is 2.30. The van der Waals surface area contributed by atoms with Crippen LogP contribution in [0.3, 0.4) is 0 Å². The van der Waals surface area contributed by atoms with Crippen LogP contribution in [-0.2, 0) is 12.1 Å². The van der Waals surface area contributed by atoms with Crippen LogP contribution < -0.4 is 0 Å². The third-order valence-corrected chi connectivity index (χ3v) is 3.75. The van der Waals surface area contributed by atoms with E-state index in [2.05, 4.69) is 16.5 Å². The Kier molecular flexibility index (Phi) is 3.52. The number of nitrogens with zero attached hydrogens (tertiary/aromatic N) is 2. The van der Waals surface area contributed by atoms with E-state index >= 15 is 0 Å². The number of alkyl halides is 3. The molecule has 2 N–H and O–H groups in total. The fraction of sp³-hybridized carbons (Fsp3) is 0.188. The summed E-state index contributed by atoms with van der Waals surface area (Å²) in [5.41, 5.74) is -3.00. The number of H-pyrrole nitrogens is 1. The van der Waals surface area contributed by atoms with Gasteiger partial charge in [0.1, 0.15) is 0 Å². The maximum absolute atomic E-state index is 13.8. The topological polar surface area (TPSA) is 53.8 Å². The van der Waals surface area contributed by atoms with Gasteiger partial charge in [-0.3, -0.25) is 0 Å². The number of rotatable bonds is 4. The number of benzene rings is 1. The van der Waals surface area contributed by atoms with Gasteiger partial charge in [-0.25, -0.2) is 4.98 Å². The summed E-state index contributed by atoms with van der Waals surface area (Å²) in [5, 5.41) is 11.0. The second-order valence-corrected chi connectivity index (χ2v) is 5.15. The Morgan fingerprint density at radius 1 is 1.30 bits per heavy atom. The van der Waals surface area contributed by atoms with Crippen molar-refractivity contribution in [1.82, 2.24) is 14.5 Å². The van der Waals surface area contributed by atoms with Crippen LogP contribution in [-0.4, -0.2) is 25.8 Å². The number of hydrogen-bond donors (Lipinski definition) is 2. The monoisotopic (exact) mass is 321 g/mol. The zero-order valence-corrected chi connectivity index (χ0v) is 12.0. The van der Waals surface area contributed by atoms with Crippen molar-refractivity contribution in [2.45, 2.75) is 18.3 Å². The van der Waals surface area contributed by atoms with Gasteiger partial charge in [0.2, 0.25) is 5.60 Å². The van der Waals surface area contributed by atoms with Crippen molar-refractivity contribution in [1.29, 1.82) is 0 Å². The summed E-state index contributed by atoms with van der Waals surface area (Å²) in [6.45, 7) is 3.62. The standard InChI is InChI=1S/C16H14F3N3O/c1-2-8-22-9-7-20-14(22)15(23,16(17,18)19)12-10-21-13-6-4-3-5-11(12)13/h2-7,9-10,21,23H,1,8H2. The summed E-state index contributed by atoms with van der Waals surface area (Å²) in [6, 6.07) is 6.49. The van der Waals surface area contributed by atoms with Crippen molar-refractivity contribution >= 4 is 10.9 Å². The third kappa shape index (κ3) is 2.24. The van der Waals surface area contributed by atoms with Gasteiger partial charge in [0.15, 0.2) is 5.82 Å². The SMILES string of the molecule is C=CCn1ccnc1C(O)(c1c[nH]c2ccccc12)C(F)(F)F. The lowest BCUT2D eigenvalue weighted by Gasteiger charge is -2.30. The number of aliphatic hydroxyl groups is 1. The van der Waals surface area contributed by atoms with Gasteiger partial charge in [0.25, 0.3) is 0 Å². The number of hydrogen-bond acceptors (Lipinski definition) is 2. The molecule has 0 radical (unpaired) electrons. The molecule has 23 heavy (non-hydrogen) atoms. The molecule has 0 saturated heterocycles. The minimum absolute atomic E-state index is 0.107. The van der Waals surface area contributed by atoms with Gasteiger partial charge < -0.3 is 14.7 Å². The number of para-hydroxylation sites is 1. The number of imidazole rings is 1. The first-order chi connectivity index (χ1) is 10.9. The third-order valence-electron chi connectivity index (χ3n) is 3.75. The Bertz CT molecular complexity index is 849. The fourth-order valence-electron chi connectivity index (χ4n) is 2.69. The Morgan fingerprint density at radius 2 is 2.04 bits per heavy atom. The minimum Gasteiger partial charge on any atom is -0.370 e. The molecule has 0 spiro atoms. The molecule has 2 heterocycles. The summed E-state index contributed by atoms with van der Waals surface area (Å²) in [4.78, 5) is 6.53. The van der Waals surface area contributed by atoms with E-state index in [4.69, 9.17) is 0 Å². The van der Waals surface area contributed by atoms with Crippen molar-refractivity contribution < 1.29 is 18.3 Å². The maximum atomic E-state index is 13.8. The number of allylic oxidation sites excluding steroid dienone is 1. The molecule has 0 bridgehead atoms. The number of aromatic nitrogens is 3. The lowest BCUT2D eigenvalue weighted by Crippen LogP contribution is -2.45. The molecular weight excluding hydrogens is 307 g/mol. The van der Waals surface area contributed by atoms with E-state index in [0.29, 0.717) is 10.9 Å². The molecule has 120 valence electrons. The number of aromatic amines is 1. The molecule has 0 aliphatic rings. The normalized spacial score (nSPS) is 14.8. The van der Waals surface area contributed by atoms with E-state index in [1.165, 1.54) is 35.3 Å². The van der Waals surface area contributed by atoms with Gasteiger partial charge in [-0.1, -0.05) is 24.3 Å². The lowest BCUT2D eigenvalue weighted by molar-refractivity contribution is -0.251. The maximum Gasteiger partial charge on any atom is 0.428 e. The van der Waals surface area contributed by atoms with Gasteiger partial charge in [0.05, 0.1) is 0 Å². The zero-order valence-electron chi connectivity index (χ0n) is 12.0. The van der Waals surface area contributed by atoms with E-state index in [1.807, 2.05) is 0 Å². The van der Waals surface area contributed by atoms with Crippen LogP contribution in [0.4, 0.5) is 13.2 Å². The van der Waals surface area contributed by atoms with Gasteiger partial charge in [0, 0.05) is 41.6 Å². The quantitative estimate of drug-likeness (QED) is 0.724. The van der Waals surface area contributed by atoms with Gasteiger partial charge in [-0.05, 0) is 6.07 Å². The summed E-state index contributed by atoms with van der Waals surface area (Å²) < 4.78 is 42.7. The first kappa shape index (κ1) is 15.4. The largest absolute Gasteiger partial charge is 0.428 e. The number of nitrogens with one attached hydrogen (secondary N) is 1.